The lowest BCUT2D eigenvalue weighted by atomic mass is 9.80. The van der Waals surface area contributed by atoms with Crippen LogP contribution in [-0.4, -0.2) is 19.1 Å². The molecule has 0 radical (unpaired) electrons. The van der Waals surface area contributed by atoms with Crippen molar-refractivity contribution in [2.24, 2.45) is 0 Å². The van der Waals surface area contributed by atoms with Crippen LogP contribution in [0.3, 0.4) is 0 Å². The van der Waals surface area contributed by atoms with Gasteiger partial charge in [0.05, 0.1) is 6.04 Å². The van der Waals surface area contributed by atoms with Crippen LogP contribution >= 0.6 is 43.5 Å². The number of rotatable bonds is 9. The Bertz CT molecular complexity index is 1480. The lowest BCUT2D eigenvalue weighted by Crippen LogP contribution is -2.40. The monoisotopic (exact) mass is 724 g/mol. The Balaban J connectivity index is 1.46. The molecule has 5 heteroatoms. The molecule has 0 amide bonds. The second-order valence-electron chi connectivity index (χ2n) is 13.5. The van der Waals surface area contributed by atoms with E-state index in [0.29, 0.717) is 6.04 Å². The van der Waals surface area contributed by atoms with Gasteiger partial charge in [0.15, 0.2) is 0 Å². The number of halogens is 3. The van der Waals surface area contributed by atoms with Gasteiger partial charge in [-0.15, -0.1) is 0 Å². The molecular formula is C38H47Br2ClN2. The van der Waals surface area contributed by atoms with Crippen molar-refractivity contribution in [1.29, 1.82) is 0 Å². The van der Waals surface area contributed by atoms with Crippen molar-refractivity contribution in [3.05, 3.63) is 103 Å². The van der Waals surface area contributed by atoms with Crippen LogP contribution in [0.5, 0.6) is 0 Å². The minimum absolute atomic E-state index is 0.0189. The number of fused-ring (bicyclic) bond motifs is 2. The van der Waals surface area contributed by atoms with Crippen LogP contribution in [0.25, 0.3) is 0 Å². The average Bonchev–Trinajstić information content (AvgIpc) is 3.30. The minimum Gasteiger partial charge on any atom is -0.364 e. The fraction of sp³-hybridized carbons (Fsp3) is 0.474. The summed E-state index contributed by atoms with van der Waals surface area (Å²) in [4.78, 5) is 5.15. The standard InChI is InChI=1S/C38H47Br2ClN2/c1-7-9-22-42-32-24-28(39)16-18-30(32)37(3,4)34(42)20-14-26-12-11-13-27(36(26)41)15-21-35-38(5,6)31-19-17-29(40)25-33(31)43(35)23-10-8-2/h14-21,24-25,34H,7-13,22-23H2,1-6H3/b20-14+,27-15+,35-21+. The van der Waals surface area contributed by atoms with E-state index in [0.717, 1.165) is 46.3 Å². The summed E-state index contributed by atoms with van der Waals surface area (Å²) in [6.45, 7) is 16.1. The molecule has 5 rings (SSSR count). The van der Waals surface area contributed by atoms with Gasteiger partial charge in [0.2, 0.25) is 0 Å². The summed E-state index contributed by atoms with van der Waals surface area (Å²) >= 11 is 14.6. The summed E-state index contributed by atoms with van der Waals surface area (Å²) in [7, 11) is 0. The fourth-order valence-corrected chi connectivity index (χ4v) is 8.24. The van der Waals surface area contributed by atoms with E-state index in [4.69, 9.17) is 11.6 Å². The van der Waals surface area contributed by atoms with Gasteiger partial charge in [-0.1, -0.05) is 128 Å². The molecule has 2 aliphatic heterocycles. The summed E-state index contributed by atoms with van der Waals surface area (Å²) in [6, 6.07) is 13.8. The van der Waals surface area contributed by atoms with Crippen LogP contribution in [0.2, 0.25) is 0 Å². The Morgan fingerprint density at radius 2 is 1.51 bits per heavy atom. The minimum atomic E-state index is -0.0611. The highest BCUT2D eigenvalue weighted by atomic mass is 79.9. The predicted octanol–water partition coefficient (Wildman–Crippen LogP) is 12.1. The van der Waals surface area contributed by atoms with Gasteiger partial charge in [-0.3, -0.25) is 0 Å². The third-order valence-electron chi connectivity index (χ3n) is 9.76. The molecule has 0 N–H and O–H groups in total. The zero-order valence-corrected chi connectivity index (χ0v) is 30.7. The summed E-state index contributed by atoms with van der Waals surface area (Å²) in [6.07, 6.45) is 17.3. The molecule has 1 aliphatic carbocycles. The summed E-state index contributed by atoms with van der Waals surface area (Å²) in [5.74, 6) is 0. The van der Waals surface area contributed by atoms with Gasteiger partial charge in [0.1, 0.15) is 0 Å². The maximum Gasteiger partial charge on any atom is 0.0568 e. The van der Waals surface area contributed by atoms with E-state index in [1.807, 2.05) is 0 Å². The Kier molecular flexibility index (Phi) is 10.1. The lowest BCUT2D eigenvalue weighted by Gasteiger charge is -2.32. The van der Waals surface area contributed by atoms with Crippen molar-refractivity contribution >= 4 is 54.8 Å². The zero-order valence-electron chi connectivity index (χ0n) is 26.7. The number of anilines is 2. The van der Waals surface area contributed by atoms with E-state index in [2.05, 4.69) is 144 Å². The first kappa shape index (κ1) is 32.6. The number of allylic oxidation sites excluding steroid dienone is 7. The number of hydrogen-bond acceptors (Lipinski definition) is 2. The molecule has 3 aliphatic rings. The number of nitrogens with zero attached hydrogens (tertiary/aromatic N) is 2. The van der Waals surface area contributed by atoms with Gasteiger partial charge in [0, 0.05) is 55.0 Å². The molecule has 0 bridgehead atoms. The Labute approximate surface area is 282 Å². The van der Waals surface area contributed by atoms with Crippen LogP contribution in [-0.2, 0) is 10.8 Å². The van der Waals surface area contributed by atoms with Crippen molar-refractivity contribution in [2.45, 2.75) is 103 Å². The smallest absolute Gasteiger partial charge is 0.0568 e. The molecule has 2 aromatic rings. The summed E-state index contributed by atoms with van der Waals surface area (Å²) < 4.78 is 2.27. The number of unbranched alkanes of at least 4 members (excludes halogenated alkanes) is 2. The lowest BCUT2D eigenvalue weighted by molar-refractivity contribution is 0.471. The predicted molar refractivity (Wildman–Crippen MR) is 195 cm³/mol. The topological polar surface area (TPSA) is 6.48 Å². The Hall–Kier alpha value is -1.75. The molecule has 230 valence electrons. The van der Waals surface area contributed by atoms with E-state index in [1.54, 1.807) is 0 Å². The van der Waals surface area contributed by atoms with E-state index in [-0.39, 0.29) is 10.8 Å². The Morgan fingerprint density at radius 1 is 0.860 bits per heavy atom. The highest BCUT2D eigenvalue weighted by Gasteiger charge is 2.43. The molecule has 2 nitrogen and oxygen atoms in total. The third kappa shape index (κ3) is 6.36. The molecule has 2 aromatic carbocycles. The summed E-state index contributed by atoms with van der Waals surface area (Å²) in [5.41, 5.74) is 9.34. The highest BCUT2D eigenvalue weighted by Crippen LogP contribution is 2.50. The summed E-state index contributed by atoms with van der Waals surface area (Å²) in [5, 5.41) is 0.937. The molecule has 1 atom stereocenters. The van der Waals surface area contributed by atoms with Crippen molar-refractivity contribution in [2.75, 3.05) is 22.9 Å². The molecular weight excluding hydrogens is 680 g/mol. The first-order valence-corrected chi connectivity index (χ1v) is 18.1. The van der Waals surface area contributed by atoms with Gasteiger partial charge < -0.3 is 9.80 Å². The van der Waals surface area contributed by atoms with Crippen LogP contribution in [0.15, 0.2) is 91.5 Å². The van der Waals surface area contributed by atoms with Gasteiger partial charge >= 0.3 is 0 Å². The normalized spacial score (nSPS) is 22.8. The van der Waals surface area contributed by atoms with Gasteiger partial charge in [-0.25, -0.2) is 0 Å². The van der Waals surface area contributed by atoms with Gasteiger partial charge in [0.25, 0.3) is 0 Å². The van der Waals surface area contributed by atoms with E-state index in [1.165, 1.54) is 65.0 Å². The average molecular weight is 727 g/mol. The number of hydrogen-bond donors (Lipinski definition) is 0. The molecule has 0 fully saturated rings. The maximum atomic E-state index is 7.21. The van der Waals surface area contributed by atoms with Gasteiger partial charge in [-0.2, -0.15) is 0 Å². The van der Waals surface area contributed by atoms with Crippen LogP contribution in [0.4, 0.5) is 11.4 Å². The SMILES string of the molecule is CCCCN1/C(=C/C=C2\CCCC(/C=C/C3N(CCCC)c4cc(Br)ccc4C3(C)C)=C2Cl)C(C)(C)c2ccc(Br)cc21. The van der Waals surface area contributed by atoms with E-state index in [9.17, 15) is 0 Å². The highest BCUT2D eigenvalue weighted by molar-refractivity contribution is 9.10. The molecule has 1 unspecified atom stereocenters. The van der Waals surface area contributed by atoms with E-state index < -0.39 is 0 Å². The first-order valence-electron chi connectivity index (χ1n) is 16.1. The van der Waals surface area contributed by atoms with Crippen molar-refractivity contribution < 1.29 is 0 Å². The third-order valence-corrected chi connectivity index (χ3v) is 11.2. The van der Waals surface area contributed by atoms with Crippen molar-refractivity contribution in [3.8, 4) is 0 Å². The van der Waals surface area contributed by atoms with Gasteiger partial charge in [-0.05, 0) is 84.7 Å². The fourth-order valence-electron chi connectivity index (χ4n) is 7.23. The van der Waals surface area contributed by atoms with E-state index >= 15 is 0 Å². The second kappa shape index (κ2) is 13.3. The van der Waals surface area contributed by atoms with Crippen LogP contribution < -0.4 is 9.80 Å². The van der Waals surface area contributed by atoms with Crippen molar-refractivity contribution in [3.63, 3.8) is 0 Å². The second-order valence-corrected chi connectivity index (χ2v) is 15.7. The van der Waals surface area contributed by atoms with Crippen molar-refractivity contribution in [1.82, 2.24) is 0 Å². The molecule has 0 spiro atoms. The zero-order chi connectivity index (χ0) is 30.9. The first-order chi connectivity index (χ1) is 20.5. The maximum absolute atomic E-state index is 7.21. The molecule has 2 heterocycles. The molecule has 0 saturated heterocycles. The quantitative estimate of drug-likeness (QED) is 0.254. The molecule has 0 aromatic heterocycles. The Morgan fingerprint density at radius 3 is 2.21 bits per heavy atom. The molecule has 0 saturated carbocycles. The molecule has 43 heavy (non-hydrogen) atoms. The number of benzene rings is 2. The van der Waals surface area contributed by atoms with Crippen LogP contribution in [0, 0.1) is 0 Å². The largest absolute Gasteiger partial charge is 0.364 e. The van der Waals surface area contributed by atoms with Crippen LogP contribution in [0.1, 0.15) is 97.6 Å².